The Kier molecular flexibility index (Phi) is 3.77. The summed E-state index contributed by atoms with van der Waals surface area (Å²) in [5.74, 6) is 0.319. The molecule has 3 rings (SSSR count). The molecule has 0 spiro atoms. The van der Waals surface area contributed by atoms with Crippen molar-refractivity contribution in [2.45, 2.75) is 32.9 Å². The highest BCUT2D eigenvalue weighted by Gasteiger charge is 2.34. The molecule has 2 N–H and O–H groups in total. The third-order valence-corrected chi connectivity index (χ3v) is 3.57. The predicted octanol–water partition coefficient (Wildman–Crippen LogP) is 2.22. The molecule has 1 aromatic carbocycles. The van der Waals surface area contributed by atoms with Crippen LogP contribution in [-0.2, 0) is 9.53 Å². The van der Waals surface area contributed by atoms with E-state index in [9.17, 15) is 9.90 Å². The Balaban J connectivity index is 2.10. The van der Waals surface area contributed by atoms with E-state index in [4.69, 9.17) is 4.74 Å². The van der Waals surface area contributed by atoms with Crippen LogP contribution in [0.5, 0.6) is 5.75 Å². The molecule has 0 saturated heterocycles. The molecule has 23 heavy (non-hydrogen) atoms. The summed E-state index contributed by atoms with van der Waals surface area (Å²) in [5, 5.41) is 16.8. The van der Waals surface area contributed by atoms with Gasteiger partial charge in [-0.15, -0.1) is 0 Å². The van der Waals surface area contributed by atoms with E-state index in [0.29, 0.717) is 17.2 Å². The van der Waals surface area contributed by atoms with Gasteiger partial charge in [0.1, 0.15) is 18.1 Å². The maximum Gasteiger partial charge on any atom is 0.338 e. The fraction of sp³-hybridized carbons (Fsp3) is 0.312. The fourth-order valence-corrected chi connectivity index (χ4v) is 2.60. The number of aromatic nitrogens is 3. The Morgan fingerprint density at radius 3 is 2.70 bits per heavy atom. The van der Waals surface area contributed by atoms with Crippen molar-refractivity contribution in [2.24, 2.45) is 0 Å². The van der Waals surface area contributed by atoms with Gasteiger partial charge in [0, 0.05) is 5.70 Å². The van der Waals surface area contributed by atoms with Gasteiger partial charge in [-0.1, -0.05) is 12.1 Å². The number of nitrogens with zero attached hydrogens (tertiary/aromatic N) is 3. The van der Waals surface area contributed by atoms with Crippen molar-refractivity contribution in [3.63, 3.8) is 0 Å². The highest BCUT2D eigenvalue weighted by Crippen LogP contribution is 2.35. The zero-order chi connectivity index (χ0) is 16.6. The molecule has 1 aromatic heterocycles. The number of anilines is 1. The van der Waals surface area contributed by atoms with Crippen LogP contribution >= 0.6 is 0 Å². The summed E-state index contributed by atoms with van der Waals surface area (Å²) in [7, 11) is 0. The van der Waals surface area contributed by atoms with Crippen LogP contribution in [0.4, 0.5) is 5.95 Å². The number of nitrogens with one attached hydrogen (secondary N) is 1. The van der Waals surface area contributed by atoms with Crippen LogP contribution in [0, 0.1) is 0 Å². The minimum Gasteiger partial charge on any atom is -0.508 e. The van der Waals surface area contributed by atoms with Crippen molar-refractivity contribution < 1.29 is 14.6 Å². The quantitative estimate of drug-likeness (QED) is 0.845. The maximum atomic E-state index is 12.6. The van der Waals surface area contributed by atoms with Gasteiger partial charge in [-0.05, 0) is 38.5 Å². The fourth-order valence-electron chi connectivity index (χ4n) is 2.60. The molecule has 0 unspecified atom stereocenters. The standard InChI is InChI=1S/C16H18N4O3/c1-9(2)23-15(22)13-10(3)19-16-17-8-18-20(16)14(13)11-4-6-12(21)7-5-11/h4-9,14,21H,1-3H3,(H,17,18,19)/t14-/m1/s1. The van der Waals surface area contributed by atoms with Crippen molar-refractivity contribution in [1.82, 2.24) is 14.8 Å². The number of aromatic hydroxyl groups is 1. The van der Waals surface area contributed by atoms with Crippen LogP contribution in [0.1, 0.15) is 32.4 Å². The van der Waals surface area contributed by atoms with Crippen molar-refractivity contribution in [3.05, 3.63) is 47.4 Å². The molecule has 1 aliphatic heterocycles. The minimum atomic E-state index is -0.458. The summed E-state index contributed by atoms with van der Waals surface area (Å²) in [5.41, 5.74) is 1.96. The molecule has 0 radical (unpaired) electrons. The number of hydrogen-bond acceptors (Lipinski definition) is 6. The first kappa shape index (κ1) is 15.1. The van der Waals surface area contributed by atoms with E-state index in [1.807, 2.05) is 6.92 Å². The summed E-state index contributed by atoms with van der Waals surface area (Å²) in [4.78, 5) is 16.7. The molecule has 0 saturated carbocycles. The van der Waals surface area contributed by atoms with Gasteiger partial charge in [0.15, 0.2) is 0 Å². The molecule has 0 aliphatic carbocycles. The van der Waals surface area contributed by atoms with Crippen LogP contribution in [0.2, 0.25) is 0 Å². The lowest BCUT2D eigenvalue weighted by atomic mass is 9.95. The predicted molar refractivity (Wildman–Crippen MR) is 83.8 cm³/mol. The molecule has 2 aromatic rings. The number of esters is 1. The van der Waals surface area contributed by atoms with Gasteiger partial charge in [-0.3, -0.25) is 0 Å². The molecule has 0 fully saturated rings. The number of carbonyl (C=O) groups is 1. The molecule has 1 aliphatic rings. The normalized spacial score (nSPS) is 17.0. The SMILES string of the molecule is CC1=C(C(=O)OC(C)C)[C@@H](c2ccc(O)cc2)n2ncnc2N1. The molecule has 1 atom stereocenters. The number of carbonyl (C=O) groups excluding carboxylic acids is 1. The maximum absolute atomic E-state index is 12.6. The lowest BCUT2D eigenvalue weighted by Crippen LogP contribution is -2.30. The van der Waals surface area contributed by atoms with Crippen molar-refractivity contribution in [2.75, 3.05) is 5.32 Å². The highest BCUT2D eigenvalue weighted by atomic mass is 16.5. The van der Waals surface area contributed by atoms with Gasteiger partial charge in [0.2, 0.25) is 5.95 Å². The third-order valence-electron chi connectivity index (χ3n) is 3.57. The van der Waals surface area contributed by atoms with Gasteiger partial charge < -0.3 is 15.2 Å². The van der Waals surface area contributed by atoms with Gasteiger partial charge in [-0.2, -0.15) is 10.1 Å². The molecule has 0 bridgehead atoms. The smallest absolute Gasteiger partial charge is 0.338 e. The minimum absolute atomic E-state index is 0.161. The average molecular weight is 314 g/mol. The van der Waals surface area contributed by atoms with E-state index in [1.165, 1.54) is 6.33 Å². The zero-order valence-electron chi connectivity index (χ0n) is 13.1. The van der Waals surface area contributed by atoms with E-state index in [-0.39, 0.29) is 11.9 Å². The molecular formula is C16H18N4O3. The second-order valence-corrected chi connectivity index (χ2v) is 5.64. The van der Waals surface area contributed by atoms with E-state index in [2.05, 4.69) is 15.4 Å². The number of allylic oxidation sites excluding steroid dienone is 1. The van der Waals surface area contributed by atoms with Crippen molar-refractivity contribution in [3.8, 4) is 5.75 Å². The number of phenolic OH excluding ortho intramolecular Hbond substituents is 1. The highest BCUT2D eigenvalue weighted by molar-refractivity contribution is 5.92. The molecule has 7 nitrogen and oxygen atoms in total. The van der Waals surface area contributed by atoms with Crippen LogP contribution in [0.3, 0.4) is 0 Å². The number of benzene rings is 1. The molecule has 0 amide bonds. The lowest BCUT2D eigenvalue weighted by Gasteiger charge is -2.28. The molecule has 2 heterocycles. The summed E-state index contributed by atoms with van der Waals surface area (Å²) in [6.45, 7) is 5.42. The summed E-state index contributed by atoms with van der Waals surface area (Å²) >= 11 is 0. The second-order valence-electron chi connectivity index (χ2n) is 5.64. The van der Waals surface area contributed by atoms with Gasteiger partial charge in [-0.25, -0.2) is 9.48 Å². The zero-order valence-corrected chi connectivity index (χ0v) is 13.1. The number of ether oxygens (including phenoxy) is 1. The molecule has 120 valence electrons. The van der Waals surface area contributed by atoms with Gasteiger partial charge in [0.25, 0.3) is 0 Å². The van der Waals surface area contributed by atoms with Crippen LogP contribution in [-0.4, -0.2) is 31.9 Å². The van der Waals surface area contributed by atoms with E-state index in [0.717, 1.165) is 5.56 Å². The first-order chi connectivity index (χ1) is 11.0. The first-order valence-corrected chi connectivity index (χ1v) is 7.34. The lowest BCUT2D eigenvalue weighted by molar-refractivity contribution is -0.143. The Hall–Kier alpha value is -2.83. The van der Waals surface area contributed by atoms with Gasteiger partial charge >= 0.3 is 5.97 Å². The van der Waals surface area contributed by atoms with E-state index >= 15 is 0 Å². The van der Waals surface area contributed by atoms with Crippen molar-refractivity contribution >= 4 is 11.9 Å². The van der Waals surface area contributed by atoms with Crippen LogP contribution < -0.4 is 5.32 Å². The molecule has 7 heteroatoms. The van der Waals surface area contributed by atoms with Crippen molar-refractivity contribution in [1.29, 1.82) is 0 Å². The number of phenols is 1. The Morgan fingerprint density at radius 1 is 1.35 bits per heavy atom. The van der Waals surface area contributed by atoms with Gasteiger partial charge in [0.05, 0.1) is 11.7 Å². The Labute approximate surface area is 133 Å². The average Bonchev–Trinajstić information content (AvgIpc) is 2.93. The summed E-state index contributed by atoms with van der Waals surface area (Å²) in [6, 6.07) is 6.21. The van der Waals surface area contributed by atoms with E-state index < -0.39 is 12.0 Å². The number of fused-ring (bicyclic) bond motifs is 1. The Morgan fingerprint density at radius 2 is 2.04 bits per heavy atom. The first-order valence-electron chi connectivity index (χ1n) is 7.34. The Bertz CT molecular complexity index is 762. The summed E-state index contributed by atoms with van der Waals surface area (Å²) in [6.07, 6.45) is 1.21. The van der Waals surface area contributed by atoms with E-state index in [1.54, 1.807) is 42.8 Å². The van der Waals surface area contributed by atoms with Crippen LogP contribution in [0.15, 0.2) is 41.9 Å². The number of rotatable bonds is 3. The summed E-state index contributed by atoms with van der Waals surface area (Å²) < 4.78 is 7.01. The monoisotopic (exact) mass is 314 g/mol. The topological polar surface area (TPSA) is 89.3 Å². The largest absolute Gasteiger partial charge is 0.508 e. The number of hydrogen-bond donors (Lipinski definition) is 2. The third kappa shape index (κ3) is 2.77. The molecular weight excluding hydrogens is 296 g/mol. The second kappa shape index (κ2) is 5.75. The van der Waals surface area contributed by atoms with Crippen LogP contribution in [0.25, 0.3) is 0 Å².